The lowest BCUT2D eigenvalue weighted by atomic mass is 10.1. The molecule has 5 aromatic carbocycles. The smallest absolute Gasteiger partial charge is 0.0367 e. The van der Waals surface area contributed by atoms with Gasteiger partial charge in [-0.1, -0.05) is 121 Å². The Hall–Kier alpha value is -3.80. The van der Waals surface area contributed by atoms with E-state index in [2.05, 4.69) is 152 Å². The molecule has 1 nitrogen and oxygen atoms in total. The van der Waals surface area contributed by atoms with E-state index in [4.69, 9.17) is 0 Å². The largest absolute Gasteiger partial charge is 0.378 e. The van der Waals surface area contributed by atoms with E-state index in [9.17, 15) is 0 Å². The Bertz CT molecular complexity index is 1450. The van der Waals surface area contributed by atoms with Gasteiger partial charge in [0.25, 0.3) is 0 Å². The number of rotatable bonds is 4. The van der Waals surface area contributed by atoms with Crippen LogP contribution < -0.4 is 20.8 Å². The highest BCUT2D eigenvalue weighted by Crippen LogP contribution is 2.54. The molecule has 0 unspecified atom stereocenters. The molecule has 0 saturated carbocycles. The number of benzene rings is 5. The van der Waals surface area contributed by atoms with Crippen molar-refractivity contribution >= 4 is 33.8 Å². The highest BCUT2D eigenvalue weighted by atomic mass is 31.2. The molecule has 0 bridgehead atoms. The Morgan fingerprint density at radius 2 is 0.857 bits per heavy atom. The van der Waals surface area contributed by atoms with Crippen molar-refractivity contribution in [2.45, 2.75) is 0 Å². The summed E-state index contributed by atoms with van der Waals surface area (Å²) in [7, 11) is 4.24. The molecule has 0 saturated heterocycles. The second kappa shape index (κ2) is 8.77. The fraction of sp³-hybridized carbons (Fsp3) is 0.0606. The third kappa shape index (κ3) is 3.39. The van der Waals surface area contributed by atoms with Crippen LogP contribution in [0.15, 0.2) is 133 Å². The second-order valence-electron chi connectivity index (χ2n) is 9.20. The van der Waals surface area contributed by atoms with Crippen LogP contribution in [0.2, 0.25) is 0 Å². The molecular formula is C33H28NP. The molecule has 5 aromatic rings. The van der Waals surface area contributed by atoms with Gasteiger partial charge < -0.3 is 4.90 Å². The lowest BCUT2D eigenvalue weighted by Crippen LogP contribution is -2.30. The molecule has 0 aliphatic heterocycles. The molecular weight excluding hydrogens is 441 g/mol. The molecule has 0 radical (unpaired) electrons. The van der Waals surface area contributed by atoms with Crippen molar-refractivity contribution in [3.05, 3.63) is 145 Å². The molecule has 1 aliphatic rings. The Balaban J connectivity index is 1.91. The first kappa shape index (κ1) is 21.7. The Morgan fingerprint density at radius 1 is 0.429 bits per heavy atom. The molecule has 35 heavy (non-hydrogen) atoms. The molecule has 0 atom stereocenters. The van der Waals surface area contributed by atoms with Crippen LogP contribution in [0.3, 0.4) is 0 Å². The fourth-order valence-corrected chi connectivity index (χ4v) is 10.1. The Morgan fingerprint density at radius 3 is 1.34 bits per heavy atom. The third-order valence-corrected chi connectivity index (χ3v) is 11.4. The monoisotopic (exact) mass is 469 g/mol. The van der Waals surface area contributed by atoms with Gasteiger partial charge >= 0.3 is 0 Å². The van der Waals surface area contributed by atoms with Gasteiger partial charge in [-0.25, -0.2) is 0 Å². The van der Waals surface area contributed by atoms with Crippen molar-refractivity contribution in [1.82, 2.24) is 0 Å². The standard InChI is InChI=1S/C33H28NP/c1-34(2)25-22-23-30-29-20-12-13-21-31(29)33(32(30)24-25)35(26-14-6-3-7-15-26,27-16-8-4-9-17-27)28-18-10-5-11-19-28/h3-24H,1-2H3. The topological polar surface area (TPSA) is 3.24 Å². The molecule has 170 valence electrons. The van der Waals surface area contributed by atoms with Gasteiger partial charge in [-0.15, -0.1) is 0 Å². The van der Waals surface area contributed by atoms with Crippen molar-refractivity contribution < 1.29 is 0 Å². The maximum atomic E-state index is 2.40. The molecule has 0 heterocycles. The SMILES string of the molecule is CN(C)c1ccc2c(c1)C(=P(c1ccccc1)(c1ccccc1)c1ccccc1)c1ccccc1-2. The van der Waals surface area contributed by atoms with Crippen LogP contribution in [-0.4, -0.2) is 19.4 Å². The summed E-state index contributed by atoms with van der Waals surface area (Å²) >= 11 is 0. The maximum absolute atomic E-state index is 2.40. The number of nitrogens with zero attached hydrogens (tertiary/aromatic N) is 1. The van der Waals surface area contributed by atoms with Crippen LogP contribution in [0.1, 0.15) is 11.1 Å². The van der Waals surface area contributed by atoms with Crippen LogP contribution in [-0.2, 0) is 0 Å². The van der Waals surface area contributed by atoms with E-state index >= 15 is 0 Å². The van der Waals surface area contributed by atoms with Gasteiger partial charge in [0, 0.05) is 25.1 Å². The summed E-state index contributed by atoms with van der Waals surface area (Å²) in [5, 5.41) is 5.59. The first-order valence-electron chi connectivity index (χ1n) is 12.1. The lowest BCUT2D eigenvalue weighted by molar-refractivity contribution is 1.13. The fourth-order valence-electron chi connectivity index (χ4n) is 5.46. The average Bonchev–Trinajstić information content (AvgIpc) is 3.25. The number of anilines is 1. The van der Waals surface area contributed by atoms with E-state index in [1.165, 1.54) is 49.1 Å². The summed E-state index contributed by atoms with van der Waals surface area (Å²) in [4.78, 5) is 2.20. The van der Waals surface area contributed by atoms with Gasteiger partial charge in [0.15, 0.2) is 0 Å². The summed E-state index contributed by atoms with van der Waals surface area (Å²) < 4.78 is 0. The highest BCUT2D eigenvalue weighted by Gasteiger charge is 2.36. The molecule has 0 N–H and O–H groups in total. The minimum atomic E-state index is -2.22. The van der Waals surface area contributed by atoms with Crippen LogP contribution in [0.5, 0.6) is 0 Å². The van der Waals surface area contributed by atoms with Crippen LogP contribution in [0, 0.1) is 0 Å². The van der Waals surface area contributed by atoms with Crippen LogP contribution >= 0.6 is 6.89 Å². The van der Waals surface area contributed by atoms with E-state index in [0.29, 0.717) is 0 Å². The summed E-state index contributed by atoms with van der Waals surface area (Å²) in [5.74, 6) is 0. The van der Waals surface area contributed by atoms with Gasteiger partial charge in [0.05, 0.1) is 0 Å². The molecule has 1 aliphatic carbocycles. The highest BCUT2D eigenvalue weighted by molar-refractivity contribution is 7.96. The molecule has 0 aromatic heterocycles. The lowest BCUT2D eigenvalue weighted by Gasteiger charge is -2.32. The first-order valence-corrected chi connectivity index (χ1v) is 13.8. The van der Waals surface area contributed by atoms with Gasteiger partial charge in [0.1, 0.15) is 0 Å². The molecule has 2 heteroatoms. The Labute approximate surface area is 208 Å². The van der Waals surface area contributed by atoms with Crippen molar-refractivity contribution in [3.63, 3.8) is 0 Å². The zero-order valence-electron chi connectivity index (χ0n) is 20.1. The first-order chi connectivity index (χ1) is 17.2. The quantitative estimate of drug-likeness (QED) is 0.274. The van der Waals surface area contributed by atoms with E-state index in [0.717, 1.165) is 0 Å². The Kier molecular flexibility index (Phi) is 5.44. The third-order valence-electron chi connectivity index (χ3n) is 7.01. The molecule has 0 amide bonds. The number of hydrogen-bond acceptors (Lipinski definition) is 1. The van der Waals surface area contributed by atoms with Gasteiger partial charge in [-0.05, 0) is 57.2 Å². The molecule has 0 fully saturated rings. The molecule has 0 spiro atoms. The van der Waals surface area contributed by atoms with E-state index in [-0.39, 0.29) is 0 Å². The van der Waals surface area contributed by atoms with Crippen molar-refractivity contribution in [1.29, 1.82) is 0 Å². The second-order valence-corrected chi connectivity index (χ2v) is 12.5. The van der Waals surface area contributed by atoms with E-state index in [1.54, 1.807) is 0 Å². The number of fused-ring (bicyclic) bond motifs is 3. The van der Waals surface area contributed by atoms with Gasteiger partial charge in [0.2, 0.25) is 0 Å². The van der Waals surface area contributed by atoms with Crippen molar-refractivity contribution in [2.24, 2.45) is 0 Å². The van der Waals surface area contributed by atoms with Gasteiger partial charge in [-0.3, -0.25) is 0 Å². The molecule has 6 rings (SSSR count). The summed E-state index contributed by atoms with van der Waals surface area (Å²) in [6, 6.07) is 49.4. The summed E-state index contributed by atoms with van der Waals surface area (Å²) in [6.07, 6.45) is 0. The van der Waals surface area contributed by atoms with E-state index < -0.39 is 6.89 Å². The summed E-state index contributed by atoms with van der Waals surface area (Å²) in [6.45, 7) is -2.22. The maximum Gasteiger partial charge on any atom is 0.0367 e. The zero-order valence-corrected chi connectivity index (χ0v) is 21.0. The van der Waals surface area contributed by atoms with Crippen LogP contribution in [0.4, 0.5) is 5.69 Å². The minimum absolute atomic E-state index is 1.22. The summed E-state index contributed by atoms with van der Waals surface area (Å²) in [5.41, 5.74) is 6.58. The van der Waals surface area contributed by atoms with Crippen molar-refractivity contribution in [2.75, 3.05) is 19.0 Å². The average molecular weight is 470 g/mol. The van der Waals surface area contributed by atoms with E-state index in [1.807, 2.05) is 0 Å². The zero-order chi connectivity index (χ0) is 23.8. The normalized spacial score (nSPS) is 12.2. The van der Waals surface area contributed by atoms with Gasteiger partial charge in [-0.2, -0.15) is 0 Å². The predicted octanol–water partition coefficient (Wildman–Crippen LogP) is 6.30. The van der Waals surface area contributed by atoms with Crippen molar-refractivity contribution in [3.8, 4) is 11.1 Å². The minimum Gasteiger partial charge on any atom is -0.378 e. The van der Waals surface area contributed by atoms with Crippen LogP contribution in [0.25, 0.3) is 11.1 Å². The number of hydrogen-bond donors (Lipinski definition) is 0. The predicted molar refractivity (Wildman–Crippen MR) is 155 cm³/mol.